The van der Waals surface area contributed by atoms with Gasteiger partial charge in [0.15, 0.2) is 0 Å². The average molecular weight is 444 g/mol. The van der Waals surface area contributed by atoms with Gasteiger partial charge < -0.3 is 18.9 Å². The molecule has 12 atom stereocenters. The summed E-state index contributed by atoms with van der Waals surface area (Å²) >= 11 is 0. The summed E-state index contributed by atoms with van der Waals surface area (Å²) < 4.78 is 22.2. The molecule has 0 heterocycles. The number of allylic oxidation sites excluding steroid dienone is 2. The maximum absolute atomic E-state index is 11.7. The van der Waals surface area contributed by atoms with Crippen LogP contribution >= 0.6 is 0 Å². The van der Waals surface area contributed by atoms with Crippen LogP contribution in [0, 0.1) is 47.3 Å². The van der Waals surface area contributed by atoms with Crippen molar-refractivity contribution in [2.45, 2.75) is 52.1 Å². The van der Waals surface area contributed by atoms with Crippen LogP contribution in [0.1, 0.15) is 27.7 Å². The summed E-state index contributed by atoms with van der Waals surface area (Å²) in [4.78, 5) is 46.6. The predicted molar refractivity (Wildman–Crippen MR) is 108 cm³/mol. The van der Waals surface area contributed by atoms with E-state index in [1.54, 1.807) is 0 Å². The fourth-order valence-electron chi connectivity index (χ4n) is 7.17. The third kappa shape index (κ3) is 3.02. The molecular weight excluding hydrogens is 416 g/mol. The van der Waals surface area contributed by atoms with Crippen LogP contribution in [0.15, 0.2) is 24.3 Å². The lowest BCUT2D eigenvalue weighted by Crippen LogP contribution is -2.73. The van der Waals surface area contributed by atoms with E-state index in [1.807, 2.05) is 0 Å². The number of carbonyl (C=O) groups excluding carboxylic acids is 4. The van der Waals surface area contributed by atoms with Crippen LogP contribution in [0.2, 0.25) is 0 Å². The van der Waals surface area contributed by atoms with E-state index < -0.39 is 24.4 Å². The summed E-state index contributed by atoms with van der Waals surface area (Å²) in [6.07, 6.45) is 6.74. The number of hydrogen-bond acceptors (Lipinski definition) is 8. The number of fused-ring (bicyclic) bond motifs is 8. The molecule has 0 spiro atoms. The first-order chi connectivity index (χ1) is 15.2. The third-order valence-corrected chi connectivity index (χ3v) is 8.04. The van der Waals surface area contributed by atoms with Gasteiger partial charge in [-0.15, -0.1) is 0 Å². The van der Waals surface area contributed by atoms with E-state index in [1.165, 1.54) is 27.7 Å². The van der Waals surface area contributed by atoms with E-state index in [2.05, 4.69) is 24.3 Å². The second-order valence-corrected chi connectivity index (χ2v) is 9.68. The molecule has 5 rings (SSSR count). The van der Waals surface area contributed by atoms with Crippen molar-refractivity contribution in [2.75, 3.05) is 0 Å². The molecule has 32 heavy (non-hydrogen) atoms. The van der Waals surface area contributed by atoms with Crippen molar-refractivity contribution in [1.29, 1.82) is 0 Å². The largest absolute Gasteiger partial charge is 0.458 e. The zero-order chi connectivity index (χ0) is 22.9. The monoisotopic (exact) mass is 444 g/mol. The minimum absolute atomic E-state index is 0.0241. The molecule has 0 aromatic carbocycles. The van der Waals surface area contributed by atoms with Crippen molar-refractivity contribution in [3.05, 3.63) is 24.3 Å². The molecule has 5 aliphatic rings. The predicted octanol–water partition coefficient (Wildman–Crippen LogP) is 1.82. The zero-order valence-electron chi connectivity index (χ0n) is 18.5. The Balaban J connectivity index is 1.40. The SMILES string of the molecule is CC(=O)O[C@@H]1[C@@H](OC(C)=O)[C@@H]2C=CC3C4C(C=C[C@H]5[C@H](OC(C)=O)[C@H](OC(C)=O)[C@H]45)C3[C@@H]21. The Morgan fingerprint density at radius 1 is 0.438 bits per heavy atom. The fraction of sp³-hybridized carbons (Fsp3) is 0.667. The van der Waals surface area contributed by atoms with Crippen LogP contribution in [-0.2, 0) is 38.1 Å². The molecule has 0 radical (unpaired) electrons. The highest BCUT2D eigenvalue weighted by molar-refractivity contribution is 5.68. The first-order valence-electron chi connectivity index (χ1n) is 11.2. The van der Waals surface area contributed by atoms with Gasteiger partial charge in [-0.1, -0.05) is 24.3 Å². The average Bonchev–Trinajstić information content (AvgIpc) is 2.69. The van der Waals surface area contributed by atoms with Crippen LogP contribution in [0.4, 0.5) is 0 Å². The molecule has 8 nitrogen and oxygen atoms in total. The molecule has 4 unspecified atom stereocenters. The maximum atomic E-state index is 11.7. The Morgan fingerprint density at radius 2 is 0.719 bits per heavy atom. The lowest BCUT2D eigenvalue weighted by Gasteiger charge is -2.69. The molecule has 0 aliphatic heterocycles. The van der Waals surface area contributed by atoms with E-state index >= 15 is 0 Å². The quantitative estimate of drug-likeness (QED) is 0.367. The van der Waals surface area contributed by atoms with Crippen molar-refractivity contribution in [1.82, 2.24) is 0 Å². The fourth-order valence-corrected chi connectivity index (χ4v) is 7.17. The number of ether oxygens (including phenoxy) is 4. The van der Waals surface area contributed by atoms with Crippen molar-refractivity contribution < 1.29 is 38.1 Å². The van der Waals surface area contributed by atoms with E-state index in [9.17, 15) is 19.2 Å². The molecule has 3 fully saturated rings. The van der Waals surface area contributed by atoms with Gasteiger partial charge in [0.2, 0.25) is 0 Å². The van der Waals surface area contributed by atoms with Gasteiger partial charge in [0, 0.05) is 51.4 Å². The lowest BCUT2D eigenvalue weighted by molar-refractivity contribution is -0.261. The van der Waals surface area contributed by atoms with Crippen LogP contribution in [-0.4, -0.2) is 48.3 Å². The molecule has 0 saturated heterocycles. The Hall–Kier alpha value is -2.64. The van der Waals surface area contributed by atoms with Gasteiger partial charge >= 0.3 is 23.9 Å². The Labute approximate surface area is 186 Å². The van der Waals surface area contributed by atoms with Crippen molar-refractivity contribution in [2.24, 2.45) is 47.3 Å². The van der Waals surface area contributed by atoms with Gasteiger partial charge in [-0.25, -0.2) is 0 Å². The first kappa shape index (κ1) is 21.2. The summed E-state index contributed by atoms with van der Waals surface area (Å²) in [7, 11) is 0. The molecule has 0 amide bonds. The molecule has 172 valence electrons. The van der Waals surface area contributed by atoms with Crippen LogP contribution in [0.3, 0.4) is 0 Å². The highest BCUT2D eigenvalue weighted by Crippen LogP contribution is 2.68. The minimum atomic E-state index is -0.455. The highest BCUT2D eigenvalue weighted by Gasteiger charge is 2.71. The van der Waals surface area contributed by atoms with E-state index in [0.717, 1.165) is 0 Å². The summed E-state index contributed by atoms with van der Waals surface area (Å²) in [5.74, 6) is -0.330. The highest BCUT2D eigenvalue weighted by atomic mass is 16.6. The molecule has 0 aromatic heterocycles. The van der Waals surface area contributed by atoms with Crippen molar-refractivity contribution in [3.8, 4) is 0 Å². The molecule has 0 bridgehead atoms. The summed E-state index contributed by atoms with van der Waals surface area (Å²) in [5.41, 5.74) is 0. The molecule has 8 heteroatoms. The number of rotatable bonds is 4. The molecule has 0 aromatic rings. The second-order valence-electron chi connectivity index (χ2n) is 9.68. The van der Waals surface area contributed by atoms with Crippen LogP contribution < -0.4 is 0 Å². The normalized spacial score (nSPS) is 46.4. The summed E-state index contributed by atoms with van der Waals surface area (Å²) in [5, 5.41) is 0. The van der Waals surface area contributed by atoms with Gasteiger partial charge in [0.05, 0.1) is 0 Å². The third-order valence-electron chi connectivity index (χ3n) is 8.04. The van der Waals surface area contributed by atoms with Gasteiger partial charge in [-0.05, 0) is 23.7 Å². The Morgan fingerprint density at radius 3 is 1.03 bits per heavy atom. The molecule has 5 aliphatic carbocycles. The first-order valence-corrected chi connectivity index (χ1v) is 11.2. The molecule has 3 saturated carbocycles. The standard InChI is InChI=1S/C24H28O8/c1-9(25)29-21-15-7-5-13-17(19(15)23(21)31-11(3)27)14-6-8-16-20(18(13)14)24(32-12(4)28)22(16)30-10(2)26/h5-8,13-24H,1-4H3/t13?,14?,15-,16-,17?,18?,19-,20+,21+,22+,23+,24-/m1/s1. The van der Waals surface area contributed by atoms with Crippen LogP contribution in [0.5, 0.6) is 0 Å². The van der Waals surface area contributed by atoms with E-state index in [0.29, 0.717) is 0 Å². The van der Waals surface area contributed by atoms with E-state index in [-0.39, 0.29) is 71.2 Å². The summed E-state index contributed by atoms with van der Waals surface area (Å²) in [6, 6.07) is 0. The van der Waals surface area contributed by atoms with Crippen LogP contribution in [0.25, 0.3) is 0 Å². The summed E-state index contributed by atoms with van der Waals surface area (Å²) in [6.45, 7) is 5.47. The van der Waals surface area contributed by atoms with Crippen molar-refractivity contribution >= 4 is 23.9 Å². The topological polar surface area (TPSA) is 105 Å². The number of esters is 4. The Kier molecular flexibility index (Phi) is 4.94. The number of hydrogen-bond donors (Lipinski definition) is 0. The minimum Gasteiger partial charge on any atom is -0.458 e. The van der Waals surface area contributed by atoms with Gasteiger partial charge in [-0.2, -0.15) is 0 Å². The smallest absolute Gasteiger partial charge is 0.303 e. The Bertz CT molecular complexity index is 839. The second kappa shape index (κ2) is 7.46. The van der Waals surface area contributed by atoms with Gasteiger partial charge in [-0.3, -0.25) is 19.2 Å². The zero-order valence-corrected chi connectivity index (χ0v) is 18.5. The molecule has 0 N–H and O–H groups in total. The van der Waals surface area contributed by atoms with Gasteiger partial charge in [0.1, 0.15) is 24.4 Å². The van der Waals surface area contributed by atoms with E-state index in [4.69, 9.17) is 18.9 Å². The van der Waals surface area contributed by atoms with Crippen molar-refractivity contribution in [3.63, 3.8) is 0 Å². The lowest BCUT2D eigenvalue weighted by atomic mass is 9.37. The number of carbonyl (C=O) groups is 4. The maximum Gasteiger partial charge on any atom is 0.303 e. The molecular formula is C24H28O8. The van der Waals surface area contributed by atoms with Gasteiger partial charge in [0.25, 0.3) is 0 Å².